The third kappa shape index (κ3) is 1.77. The SMILES string of the molecule is O=C1Nc2ncccc2[C@@]12Cc1cc3ccc(CCl)nc3cc1C2. The zero-order valence-electron chi connectivity index (χ0n) is 12.8. The number of nitrogens with zero attached hydrogens (tertiary/aromatic N) is 2. The van der Waals surface area contributed by atoms with Gasteiger partial charge in [0.25, 0.3) is 0 Å². The number of fused-ring (bicyclic) bond motifs is 4. The van der Waals surface area contributed by atoms with Gasteiger partial charge < -0.3 is 5.32 Å². The van der Waals surface area contributed by atoms with Gasteiger partial charge in [-0.15, -0.1) is 11.6 Å². The van der Waals surface area contributed by atoms with E-state index in [9.17, 15) is 4.79 Å². The van der Waals surface area contributed by atoms with Crippen LogP contribution in [0.15, 0.2) is 42.6 Å². The molecule has 0 fully saturated rings. The first-order valence-corrected chi connectivity index (χ1v) is 8.47. The first-order chi connectivity index (χ1) is 11.7. The predicted octanol–water partition coefficient (Wildman–Crippen LogP) is 3.36. The van der Waals surface area contributed by atoms with Crippen LogP contribution in [0.2, 0.25) is 0 Å². The number of halogens is 1. The van der Waals surface area contributed by atoms with Gasteiger partial charge in [-0.1, -0.05) is 12.1 Å². The van der Waals surface area contributed by atoms with E-state index in [1.807, 2.05) is 18.2 Å². The van der Waals surface area contributed by atoms with E-state index in [-0.39, 0.29) is 5.91 Å². The van der Waals surface area contributed by atoms with Gasteiger partial charge in [0.05, 0.1) is 22.5 Å². The standard InChI is InChI=1S/C19H14ClN3O/c20-10-14-4-3-11-6-12-8-19(9-13(12)7-16(11)22-14)15-2-1-5-21-17(15)23-18(19)24/h1-7H,8-10H2,(H,21,23,24)/t19-/m0/s1. The molecule has 5 heteroatoms. The highest BCUT2D eigenvalue weighted by Gasteiger charge is 2.51. The largest absolute Gasteiger partial charge is 0.310 e. The number of rotatable bonds is 1. The maximum Gasteiger partial charge on any atom is 0.237 e. The molecule has 0 radical (unpaired) electrons. The molecule has 24 heavy (non-hydrogen) atoms. The van der Waals surface area contributed by atoms with Crippen molar-refractivity contribution in [2.75, 3.05) is 5.32 Å². The van der Waals surface area contributed by atoms with Crippen LogP contribution in [0.5, 0.6) is 0 Å². The molecule has 1 aliphatic carbocycles. The van der Waals surface area contributed by atoms with Crippen molar-refractivity contribution < 1.29 is 4.79 Å². The van der Waals surface area contributed by atoms with Crippen LogP contribution in [0.25, 0.3) is 10.9 Å². The molecule has 0 bridgehead atoms. The molecule has 0 unspecified atom stereocenters. The van der Waals surface area contributed by atoms with Gasteiger partial charge in [0.2, 0.25) is 5.91 Å². The number of anilines is 1. The number of nitrogens with one attached hydrogen (secondary N) is 1. The summed E-state index contributed by atoms with van der Waals surface area (Å²) in [4.78, 5) is 21.6. The second-order valence-electron chi connectivity index (χ2n) is 6.54. The van der Waals surface area contributed by atoms with Crippen molar-refractivity contribution in [1.82, 2.24) is 9.97 Å². The number of aromatic nitrogens is 2. The Hall–Kier alpha value is -2.46. The number of hydrogen-bond acceptors (Lipinski definition) is 3. The smallest absolute Gasteiger partial charge is 0.237 e. The maximum atomic E-state index is 12.7. The molecule has 2 aromatic heterocycles. The summed E-state index contributed by atoms with van der Waals surface area (Å²) < 4.78 is 0. The van der Waals surface area contributed by atoms with E-state index in [1.165, 1.54) is 11.1 Å². The van der Waals surface area contributed by atoms with Crippen LogP contribution in [0, 0.1) is 0 Å². The van der Waals surface area contributed by atoms with E-state index in [2.05, 4.69) is 33.5 Å². The minimum atomic E-state index is -0.529. The number of amides is 1. The number of carbonyl (C=O) groups excluding carboxylic acids is 1. The zero-order valence-corrected chi connectivity index (χ0v) is 13.6. The van der Waals surface area contributed by atoms with Gasteiger partial charge in [-0.05, 0) is 48.2 Å². The molecule has 4 nitrogen and oxygen atoms in total. The Morgan fingerprint density at radius 1 is 1.17 bits per heavy atom. The first kappa shape index (κ1) is 13.9. The number of hydrogen-bond donors (Lipinski definition) is 1. The first-order valence-electron chi connectivity index (χ1n) is 7.94. The lowest BCUT2D eigenvalue weighted by Gasteiger charge is -2.20. The highest BCUT2D eigenvalue weighted by Crippen LogP contribution is 2.47. The second-order valence-corrected chi connectivity index (χ2v) is 6.81. The Balaban J connectivity index is 1.66. The zero-order chi connectivity index (χ0) is 16.3. The van der Waals surface area contributed by atoms with E-state index in [0.717, 1.165) is 22.2 Å². The van der Waals surface area contributed by atoms with E-state index in [1.54, 1.807) is 6.20 Å². The molecule has 5 rings (SSSR count). The molecule has 3 heterocycles. The average Bonchev–Trinajstić information content (AvgIpc) is 3.10. The van der Waals surface area contributed by atoms with Gasteiger partial charge >= 0.3 is 0 Å². The Kier molecular flexibility index (Phi) is 2.77. The highest BCUT2D eigenvalue weighted by molar-refractivity contribution is 6.17. The molecular weight excluding hydrogens is 322 g/mol. The van der Waals surface area contributed by atoms with Gasteiger partial charge in [-0.25, -0.2) is 4.98 Å². The number of carbonyl (C=O) groups is 1. The summed E-state index contributed by atoms with van der Waals surface area (Å²) in [6.07, 6.45) is 3.11. The van der Waals surface area contributed by atoms with Gasteiger partial charge in [-0.3, -0.25) is 9.78 Å². The Bertz CT molecular complexity index is 1020. The summed E-state index contributed by atoms with van der Waals surface area (Å²) in [6.45, 7) is 0. The normalized spacial score (nSPS) is 21.1. The fourth-order valence-corrected chi connectivity index (χ4v) is 4.16. The van der Waals surface area contributed by atoms with Crippen LogP contribution in [0.3, 0.4) is 0 Å². The fraction of sp³-hybridized carbons (Fsp3) is 0.211. The van der Waals surface area contributed by atoms with Crippen molar-refractivity contribution in [2.45, 2.75) is 24.1 Å². The van der Waals surface area contributed by atoms with Crippen molar-refractivity contribution in [3.63, 3.8) is 0 Å². The monoisotopic (exact) mass is 335 g/mol. The Morgan fingerprint density at radius 3 is 2.83 bits per heavy atom. The fourth-order valence-electron chi connectivity index (χ4n) is 4.01. The molecule has 0 saturated carbocycles. The van der Waals surface area contributed by atoms with Crippen molar-refractivity contribution in [3.05, 3.63) is 65.0 Å². The summed E-state index contributed by atoms with van der Waals surface area (Å²) in [5.41, 5.74) is 4.69. The van der Waals surface area contributed by atoms with Gasteiger partial charge in [0.1, 0.15) is 5.82 Å². The molecule has 118 valence electrons. The number of pyridine rings is 2. The van der Waals surface area contributed by atoms with Crippen molar-refractivity contribution in [2.24, 2.45) is 0 Å². The van der Waals surface area contributed by atoms with Gasteiger partial charge in [-0.2, -0.15) is 0 Å². The number of benzene rings is 1. The molecule has 1 aromatic carbocycles. The van der Waals surface area contributed by atoms with E-state index in [0.29, 0.717) is 24.5 Å². The topological polar surface area (TPSA) is 54.9 Å². The van der Waals surface area contributed by atoms with Crippen molar-refractivity contribution in [3.8, 4) is 0 Å². The van der Waals surface area contributed by atoms with Crippen LogP contribution >= 0.6 is 11.6 Å². The van der Waals surface area contributed by atoms with Gasteiger partial charge in [0, 0.05) is 17.1 Å². The third-order valence-electron chi connectivity index (χ3n) is 5.18. The van der Waals surface area contributed by atoms with Crippen LogP contribution in [0.4, 0.5) is 5.82 Å². The summed E-state index contributed by atoms with van der Waals surface area (Å²) >= 11 is 5.90. The molecule has 0 saturated heterocycles. The number of alkyl halides is 1. The van der Waals surface area contributed by atoms with Crippen LogP contribution in [-0.4, -0.2) is 15.9 Å². The Morgan fingerprint density at radius 2 is 2.00 bits per heavy atom. The molecule has 1 N–H and O–H groups in total. The van der Waals surface area contributed by atoms with E-state index >= 15 is 0 Å². The third-order valence-corrected chi connectivity index (χ3v) is 5.45. The molecule has 3 aromatic rings. The molecular formula is C19H14ClN3O. The predicted molar refractivity (Wildman–Crippen MR) is 93.3 cm³/mol. The Labute approximate surface area is 143 Å². The minimum Gasteiger partial charge on any atom is -0.310 e. The lowest BCUT2D eigenvalue weighted by Crippen LogP contribution is -2.35. The summed E-state index contributed by atoms with van der Waals surface area (Å²) in [7, 11) is 0. The molecule has 1 aliphatic heterocycles. The minimum absolute atomic E-state index is 0.0471. The van der Waals surface area contributed by atoms with Crippen LogP contribution in [-0.2, 0) is 28.9 Å². The van der Waals surface area contributed by atoms with Crippen molar-refractivity contribution in [1.29, 1.82) is 0 Å². The highest BCUT2D eigenvalue weighted by atomic mass is 35.5. The molecule has 1 amide bonds. The summed E-state index contributed by atoms with van der Waals surface area (Å²) in [5.74, 6) is 1.14. The van der Waals surface area contributed by atoms with Crippen LogP contribution < -0.4 is 5.32 Å². The molecule has 2 aliphatic rings. The lowest BCUT2D eigenvalue weighted by molar-refractivity contribution is -0.120. The molecule has 1 spiro atoms. The summed E-state index contributed by atoms with van der Waals surface area (Å²) in [5, 5.41) is 4.03. The molecule has 1 atom stereocenters. The maximum absolute atomic E-state index is 12.7. The van der Waals surface area contributed by atoms with E-state index in [4.69, 9.17) is 11.6 Å². The average molecular weight is 336 g/mol. The quantitative estimate of drug-likeness (QED) is 0.694. The van der Waals surface area contributed by atoms with E-state index < -0.39 is 5.41 Å². The van der Waals surface area contributed by atoms with Crippen LogP contribution in [0.1, 0.15) is 22.4 Å². The second kappa shape index (κ2) is 4.77. The summed E-state index contributed by atoms with van der Waals surface area (Å²) in [6, 6.07) is 12.2. The lowest BCUT2D eigenvalue weighted by atomic mass is 9.79. The van der Waals surface area contributed by atoms with Crippen molar-refractivity contribution >= 4 is 34.2 Å². The van der Waals surface area contributed by atoms with Gasteiger partial charge in [0.15, 0.2) is 0 Å².